The van der Waals surface area contributed by atoms with Crippen LogP contribution in [0.1, 0.15) is 23.6 Å². The van der Waals surface area contributed by atoms with Crippen molar-refractivity contribution < 1.29 is 48.2 Å². The van der Waals surface area contributed by atoms with Crippen LogP contribution >= 0.6 is 0 Å². The van der Waals surface area contributed by atoms with Crippen molar-refractivity contribution >= 4 is 12.1 Å². The Labute approximate surface area is 256 Å². The van der Waals surface area contributed by atoms with Crippen molar-refractivity contribution in [2.75, 3.05) is 13.7 Å². The van der Waals surface area contributed by atoms with Gasteiger partial charge in [0.25, 0.3) is 0 Å². The zero-order valence-electron chi connectivity index (χ0n) is 24.7. The van der Waals surface area contributed by atoms with Crippen molar-refractivity contribution in [1.29, 1.82) is 0 Å². The van der Waals surface area contributed by atoms with Gasteiger partial charge in [0, 0.05) is 0 Å². The molecule has 4 rings (SSSR count). The molecule has 3 aromatic rings. The average molecular weight is 610 g/mol. The number of esters is 1. The number of rotatable bonds is 14. The number of carbonyl (C=O) groups excluding carboxylic acids is 2. The molecule has 0 spiro atoms. The zero-order valence-corrected chi connectivity index (χ0v) is 24.7. The summed E-state index contributed by atoms with van der Waals surface area (Å²) in [6.45, 7) is 1.29. The first-order valence-corrected chi connectivity index (χ1v) is 14.4. The van der Waals surface area contributed by atoms with Crippen molar-refractivity contribution in [3.8, 4) is 0 Å². The van der Waals surface area contributed by atoms with Crippen LogP contribution in [0.3, 0.4) is 0 Å². The normalized spacial score (nSPS) is 22.9. The summed E-state index contributed by atoms with van der Waals surface area (Å²) in [5, 5.41) is 23.7. The van der Waals surface area contributed by atoms with Crippen LogP contribution in [-0.2, 0) is 53.0 Å². The lowest BCUT2D eigenvalue weighted by atomic mass is 9.98. The number of amides is 1. The van der Waals surface area contributed by atoms with Gasteiger partial charge in [-0.05, 0) is 23.6 Å². The Morgan fingerprint density at radius 2 is 1.32 bits per heavy atom. The van der Waals surface area contributed by atoms with E-state index in [0.717, 1.165) is 16.7 Å². The minimum Gasteiger partial charge on any atom is -0.467 e. The number of alkyl carbamates (subject to hydrolysis) is 1. The molecule has 0 saturated carbocycles. The van der Waals surface area contributed by atoms with Crippen LogP contribution < -0.4 is 5.32 Å². The summed E-state index contributed by atoms with van der Waals surface area (Å²) in [4.78, 5) is 25.4. The van der Waals surface area contributed by atoms with Crippen molar-refractivity contribution in [3.05, 3.63) is 108 Å². The molecule has 3 aromatic carbocycles. The van der Waals surface area contributed by atoms with Crippen LogP contribution in [0.2, 0.25) is 0 Å². The van der Waals surface area contributed by atoms with Gasteiger partial charge in [-0.1, -0.05) is 91.0 Å². The van der Waals surface area contributed by atoms with E-state index in [1.165, 1.54) is 7.11 Å². The molecule has 11 heteroatoms. The number of benzene rings is 3. The molecule has 0 aliphatic carbocycles. The Hall–Kier alpha value is -3.84. The molecule has 1 amide bonds. The van der Waals surface area contributed by atoms with Crippen LogP contribution in [0.15, 0.2) is 91.0 Å². The third-order valence-corrected chi connectivity index (χ3v) is 7.13. The molecule has 3 N–H and O–H groups in total. The van der Waals surface area contributed by atoms with E-state index < -0.39 is 61.5 Å². The highest BCUT2D eigenvalue weighted by Crippen LogP contribution is 2.29. The predicted molar refractivity (Wildman–Crippen MR) is 158 cm³/mol. The van der Waals surface area contributed by atoms with Crippen LogP contribution in [0.4, 0.5) is 4.79 Å². The van der Waals surface area contributed by atoms with Gasteiger partial charge in [-0.25, -0.2) is 9.59 Å². The lowest BCUT2D eigenvalue weighted by Gasteiger charge is -2.44. The summed E-state index contributed by atoms with van der Waals surface area (Å²) in [5.74, 6) is -0.776. The number of carbonyl (C=O) groups is 2. The number of ether oxygens (including phenoxy) is 6. The topological polar surface area (TPSA) is 142 Å². The highest BCUT2D eigenvalue weighted by Gasteiger charge is 2.48. The SMILES string of the molecule is COC(=O)[C@@H](NC(=O)OCc1ccccc1)C(C)O[C@@H]1OC(CO)[C@H](O)[C@H](OCc2ccccc2)C1OCc1ccccc1. The third kappa shape index (κ3) is 9.33. The van der Waals surface area contributed by atoms with E-state index in [1.807, 2.05) is 78.9 Å². The van der Waals surface area contributed by atoms with E-state index in [9.17, 15) is 19.8 Å². The van der Waals surface area contributed by atoms with E-state index in [1.54, 1.807) is 19.1 Å². The molecule has 3 unspecified atom stereocenters. The van der Waals surface area contributed by atoms with Crippen LogP contribution in [0, 0.1) is 0 Å². The molecular formula is C33H39NO10. The van der Waals surface area contributed by atoms with Gasteiger partial charge in [0.2, 0.25) is 0 Å². The molecule has 1 saturated heterocycles. The quantitative estimate of drug-likeness (QED) is 0.234. The number of aliphatic hydroxyl groups is 2. The Kier molecular flexibility index (Phi) is 12.7. The Balaban J connectivity index is 1.51. The van der Waals surface area contributed by atoms with Crippen molar-refractivity contribution in [1.82, 2.24) is 5.32 Å². The van der Waals surface area contributed by atoms with Gasteiger partial charge in [-0.3, -0.25) is 0 Å². The highest BCUT2D eigenvalue weighted by atomic mass is 16.7. The number of aliphatic hydroxyl groups excluding tert-OH is 2. The minimum absolute atomic E-state index is 0.00651. The summed E-state index contributed by atoms with van der Waals surface area (Å²) < 4.78 is 34.7. The first-order chi connectivity index (χ1) is 21.4. The number of hydrogen-bond donors (Lipinski definition) is 3. The largest absolute Gasteiger partial charge is 0.467 e. The average Bonchev–Trinajstić information content (AvgIpc) is 3.06. The summed E-state index contributed by atoms with van der Waals surface area (Å²) in [7, 11) is 1.19. The molecule has 1 heterocycles. The number of hydrogen-bond acceptors (Lipinski definition) is 10. The molecule has 1 aliphatic rings. The molecule has 44 heavy (non-hydrogen) atoms. The molecule has 0 aromatic heterocycles. The first-order valence-electron chi connectivity index (χ1n) is 14.4. The fourth-order valence-electron chi connectivity index (χ4n) is 4.73. The Bertz CT molecular complexity index is 1280. The third-order valence-electron chi connectivity index (χ3n) is 7.13. The fourth-order valence-corrected chi connectivity index (χ4v) is 4.73. The number of methoxy groups -OCH3 is 1. The smallest absolute Gasteiger partial charge is 0.408 e. The van der Waals surface area contributed by atoms with E-state index in [4.69, 9.17) is 28.4 Å². The van der Waals surface area contributed by atoms with Crippen molar-refractivity contribution in [2.24, 2.45) is 0 Å². The standard InChI is InChI=1S/C33H39NO10/c1-22(27(31(37)39-2)34-33(38)42-21-25-16-10-5-11-17-25)43-32-30(41-20-24-14-8-4-9-15-24)29(28(36)26(18-35)44-32)40-19-23-12-6-3-7-13-23/h3-17,22,26-30,32,35-36H,18-21H2,1-2H3,(H,34,38)/t22?,26?,27-,28-,29-,30?,32+/m0/s1. The molecular weight excluding hydrogens is 570 g/mol. The van der Waals surface area contributed by atoms with Gasteiger partial charge < -0.3 is 44.0 Å². The molecule has 11 nitrogen and oxygen atoms in total. The Morgan fingerprint density at radius 3 is 1.82 bits per heavy atom. The van der Waals surface area contributed by atoms with Gasteiger partial charge in [-0.15, -0.1) is 0 Å². The van der Waals surface area contributed by atoms with Gasteiger partial charge >= 0.3 is 12.1 Å². The second-order valence-electron chi connectivity index (χ2n) is 10.3. The molecule has 0 bridgehead atoms. The zero-order chi connectivity index (χ0) is 31.3. The maximum Gasteiger partial charge on any atom is 0.408 e. The van der Waals surface area contributed by atoms with E-state index in [0.29, 0.717) is 0 Å². The van der Waals surface area contributed by atoms with E-state index >= 15 is 0 Å². The lowest BCUT2D eigenvalue weighted by Crippen LogP contribution is -2.62. The molecule has 1 aliphatic heterocycles. The lowest BCUT2D eigenvalue weighted by molar-refractivity contribution is -0.328. The number of nitrogens with one attached hydrogen (secondary N) is 1. The monoisotopic (exact) mass is 609 g/mol. The van der Waals surface area contributed by atoms with E-state index in [-0.39, 0.29) is 19.8 Å². The van der Waals surface area contributed by atoms with Gasteiger partial charge in [0.05, 0.1) is 33.0 Å². The van der Waals surface area contributed by atoms with Crippen LogP contribution in [-0.4, -0.2) is 78.8 Å². The minimum atomic E-state index is -1.29. The summed E-state index contributed by atoms with van der Waals surface area (Å²) in [6, 6.07) is 26.6. The maximum atomic E-state index is 12.7. The van der Waals surface area contributed by atoms with Gasteiger partial charge in [-0.2, -0.15) is 0 Å². The second kappa shape index (κ2) is 16.9. The van der Waals surface area contributed by atoms with Gasteiger partial charge in [0.15, 0.2) is 12.3 Å². The van der Waals surface area contributed by atoms with E-state index in [2.05, 4.69) is 5.32 Å². The molecule has 1 fully saturated rings. The summed E-state index contributed by atoms with van der Waals surface area (Å²) in [6.07, 6.45) is -7.42. The first kappa shape index (κ1) is 33.1. The Morgan fingerprint density at radius 1 is 0.818 bits per heavy atom. The highest BCUT2D eigenvalue weighted by molar-refractivity contribution is 5.81. The maximum absolute atomic E-state index is 12.7. The van der Waals surface area contributed by atoms with Crippen LogP contribution in [0.5, 0.6) is 0 Å². The molecule has 236 valence electrons. The van der Waals surface area contributed by atoms with Crippen molar-refractivity contribution in [3.63, 3.8) is 0 Å². The molecule has 0 radical (unpaired) electrons. The van der Waals surface area contributed by atoms with Gasteiger partial charge in [0.1, 0.15) is 31.0 Å². The second-order valence-corrected chi connectivity index (χ2v) is 10.3. The van der Waals surface area contributed by atoms with Crippen molar-refractivity contribution in [2.45, 2.75) is 69.6 Å². The summed E-state index contributed by atoms with van der Waals surface area (Å²) in [5.41, 5.74) is 2.49. The molecule has 7 atom stereocenters. The van der Waals surface area contributed by atoms with Crippen LogP contribution in [0.25, 0.3) is 0 Å². The predicted octanol–water partition coefficient (Wildman–Crippen LogP) is 3.11. The summed E-state index contributed by atoms with van der Waals surface area (Å²) >= 11 is 0. The fraction of sp³-hybridized carbons (Fsp3) is 0.394.